The largest absolute Gasteiger partial charge is 0.480 e. The maximum atomic E-state index is 12.3. The summed E-state index contributed by atoms with van der Waals surface area (Å²) in [5.74, 6) is -3.37. The molecular formula is C16H32N10O5. The smallest absolute Gasteiger partial charge is 0.326 e. The molecule has 0 spiro atoms. The van der Waals surface area contributed by atoms with E-state index in [1.165, 1.54) is 0 Å². The average Bonchev–Trinajstić information content (AvgIpc) is 2.69. The molecule has 0 aliphatic carbocycles. The monoisotopic (exact) mass is 444 g/mol. The molecule has 0 saturated carbocycles. The molecule has 0 aromatic rings. The van der Waals surface area contributed by atoms with E-state index in [2.05, 4.69) is 25.9 Å². The van der Waals surface area contributed by atoms with E-state index in [0.717, 1.165) is 0 Å². The third-order valence-corrected chi connectivity index (χ3v) is 3.78. The number of guanidine groups is 2. The van der Waals surface area contributed by atoms with Crippen LogP contribution in [0, 0.1) is 0 Å². The molecule has 14 N–H and O–H groups in total. The van der Waals surface area contributed by atoms with Gasteiger partial charge in [-0.3, -0.25) is 24.4 Å². The summed E-state index contributed by atoms with van der Waals surface area (Å²) in [6.45, 7) is -0.357. The molecule has 0 aromatic carbocycles. The second-order valence-electron chi connectivity index (χ2n) is 6.40. The first-order valence-corrected chi connectivity index (χ1v) is 9.46. The lowest BCUT2D eigenvalue weighted by Gasteiger charge is -2.18. The van der Waals surface area contributed by atoms with Crippen LogP contribution in [0.25, 0.3) is 0 Å². The fourth-order valence-corrected chi connectivity index (χ4v) is 2.32. The van der Waals surface area contributed by atoms with Crippen molar-refractivity contribution in [2.24, 2.45) is 38.7 Å². The maximum Gasteiger partial charge on any atom is 0.326 e. The Balaban J connectivity index is 4.67. The molecule has 2 unspecified atom stereocenters. The molecule has 31 heavy (non-hydrogen) atoms. The van der Waals surface area contributed by atoms with E-state index < -0.39 is 42.3 Å². The number of hydrogen-bond donors (Lipinski definition) is 9. The van der Waals surface area contributed by atoms with E-state index in [0.29, 0.717) is 12.8 Å². The molecular weight excluding hydrogens is 412 g/mol. The van der Waals surface area contributed by atoms with Gasteiger partial charge in [0.2, 0.25) is 17.7 Å². The third kappa shape index (κ3) is 14.1. The van der Waals surface area contributed by atoms with E-state index in [1.54, 1.807) is 0 Å². The van der Waals surface area contributed by atoms with E-state index in [1.807, 2.05) is 0 Å². The number of aliphatic carboxylic acids is 1. The van der Waals surface area contributed by atoms with Crippen molar-refractivity contribution >= 4 is 35.6 Å². The standard InChI is InChI=1S/C16H32N10O5/c17-7-11(27)25-9(3-1-5-22-15(18)19)13(29)24-8-12(28)26-10(14(30)31)4-2-6-23-16(20)21/h9-10H,1-8,17H2,(H,24,29)(H,25,27)(H,26,28)(H,30,31)(H4,18,19,22)(H4,20,21,23). The molecule has 15 nitrogen and oxygen atoms in total. The van der Waals surface area contributed by atoms with Crippen LogP contribution in [0.15, 0.2) is 9.98 Å². The van der Waals surface area contributed by atoms with Crippen LogP contribution in [-0.2, 0) is 19.2 Å². The van der Waals surface area contributed by atoms with Crippen molar-refractivity contribution in [3.63, 3.8) is 0 Å². The number of nitrogens with two attached hydrogens (primary N) is 5. The van der Waals surface area contributed by atoms with Gasteiger partial charge in [0.15, 0.2) is 11.9 Å². The summed E-state index contributed by atoms with van der Waals surface area (Å²) in [6, 6.07) is -2.14. The number of carbonyl (C=O) groups excluding carboxylic acids is 3. The summed E-state index contributed by atoms with van der Waals surface area (Å²) >= 11 is 0. The Labute approximate surface area is 179 Å². The summed E-state index contributed by atoms with van der Waals surface area (Å²) in [4.78, 5) is 54.7. The first-order valence-electron chi connectivity index (χ1n) is 9.46. The van der Waals surface area contributed by atoms with E-state index in [4.69, 9.17) is 28.7 Å². The minimum atomic E-state index is -1.24. The predicted octanol–water partition coefficient (Wildman–Crippen LogP) is -4.78. The van der Waals surface area contributed by atoms with Crippen LogP contribution in [-0.4, -0.2) is 79.0 Å². The summed E-state index contributed by atoms with van der Waals surface area (Å²) in [5.41, 5.74) is 26.1. The Morgan fingerprint density at radius 1 is 0.806 bits per heavy atom. The van der Waals surface area contributed by atoms with Crippen LogP contribution in [0.5, 0.6) is 0 Å². The molecule has 0 heterocycles. The second kappa shape index (κ2) is 15.3. The first-order chi connectivity index (χ1) is 14.6. The summed E-state index contributed by atoms with van der Waals surface area (Å²) in [6.07, 6.45) is 0.985. The Morgan fingerprint density at radius 2 is 1.29 bits per heavy atom. The van der Waals surface area contributed by atoms with E-state index >= 15 is 0 Å². The number of nitrogens with one attached hydrogen (secondary N) is 3. The lowest BCUT2D eigenvalue weighted by atomic mass is 10.1. The highest BCUT2D eigenvalue weighted by molar-refractivity contribution is 5.91. The van der Waals surface area contributed by atoms with Crippen LogP contribution in [0.1, 0.15) is 25.7 Å². The van der Waals surface area contributed by atoms with Crippen molar-refractivity contribution in [3.8, 4) is 0 Å². The van der Waals surface area contributed by atoms with Gasteiger partial charge in [0.1, 0.15) is 12.1 Å². The number of carbonyl (C=O) groups is 4. The number of carboxylic acids is 1. The number of amides is 3. The zero-order valence-corrected chi connectivity index (χ0v) is 17.2. The number of aliphatic imine (C=N–C) groups is 2. The van der Waals surface area contributed by atoms with Crippen molar-refractivity contribution in [3.05, 3.63) is 0 Å². The molecule has 2 atom stereocenters. The lowest BCUT2D eigenvalue weighted by molar-refractivity contribution is -0.142. The Morgan fingerprint density at radius 3 is 1.74 bits per heavy atom. The van der Waals surface area contributed by atoms with E-state index in [-0.39, 0.29) is 44.4 Å². The molecule has 15 heteroatoms. The molecule has 0 aliphatic heterocycles. The molecule has 176 valence electrons. The Kier molecular flexibility index (Phi) is 13.5. The zero-order chi connectivity index (χ0) is 23.8. The van der Waals surface area contributed by atoms with Crippen molar-refractivity contribution in [2.75, 3.05) is 26.2 Å². The highest BCUT2D eigenvalue weighted by Gasteiger charge is 2.22. The van der Waals surface area contributed by atoms with Gasteiger partial charge in [0, 0.05) is 13.1 Å². The number of carboxylic acid groups (broad SMARTS) is 1. The molecule has 0 fully saturated rings. The van der Waals surface area contributed by atoms with Crippen molar-refractivity contribution in [1.82, 2.24) is 16.0 Å². The van der Waals surface area contributed by atoms with Gasteiger partial charge >= 0.3 is 5.97 Å². The molecule has 0 rings (SSSR count). The number of hydrogen-bond acceptors (Lipinski definition) is 7. The van der Waals surface area contributed by atoms with E-state index in [9.17, 15) is 24.3 Å². The van der Waals surface area contributed by atoms with Crippen molar-refractivity contribution in [1.29, 1.82) is 0 Å². The number of nitrogens with zero attached hydrogens (tertiary/aromatic N) is 2. The van der Waals surface area contributed by atoms with Crippen molar-refractivity contribution < 1.29 is 24.3 Å². The molecule has 0 aliphatic rings. The summed E-state index contributed by atoms with van der Waals surface area (Å²) < 4.78 is 0. The molecule has 0 aromatic heterocycles. The van der Waals surface area contributed by atoms with Gasteiger partial charge in [-0.25, -0.2) is 4.79 Å². The minimum Gasteiger partial charge on any atom is -0.480 e. The fourth-order valence-electron chi connectivity index (χ4n) is 2.32. The van der Waals surface area contributed by atoms with Gasteiger partial charge in [-0.1, -0.05) is 0 Å². The van der Waals surface area contributed by atoms with Crippen LogP contribution in [0.2, 0.25) is 0 Å². The lowest BCUT2D eigenvalue weighted by Crippen LogP contribution is -2.51. The molecule has 0 radical (unpaired) electrons. The van der Waals surface area contributed by atoms with Gasteiger partial charge in [-0.2, -0.15) is 0 Å². The first kappa shape index (κ1) is 27.4. The molecule has 0 bridgehead atoms. The van der Waals surface area contributed by atoms with Crippen LogP contribution < -0.4 is 44.6 Å². The second-order valence-corrected chi connectivity index (χ2v) is 6.40. The maximum absolute atomic E-state index is 12.3. The topological polar surface area (TPSA) is 279 Å². The molecule has 0 saturated heterocycles. The zero-order valence-electron chi connectivity index (χ0n) is 17.2. The van der Waals surface area contributed by atoms with Crippen molar-refractivity contribution in [2.45, 2.75) is 37.8 Å². The van der Waals surface area contributed by atoms with Crippen LogP contribution >= 0.6 is 0 Å². The highest BCUT2D eigenvalue weighted by Crippen LogP contribution is 2.00. The van der Waals surface area contributed by atoms with Gasteiger partial charge in [0.25, 0.3) is 0 Å². The number of rotatable bonds is 15. The third-order valence-electron chi connectivity index (χ3n) is 3.78. The predicted molar refractivity (Wildman–Crippen MR) is 113 cm³/mol. The summed E-state index contributed by atoms with van der Waals surface area (Å²) in [7, 11) is 0. The molecule has 3 amide bonds. The average molecular weight is 444 g/mol. The SMILES string of the molecule is NCC(=O)NC(CCCN=C(N)N)C(=O)NCC(=O)NC(CCCN=C(N)N)C(=O)O. The van der Waals surface area contributed by atoms with Gasteiger partial charge in [0.05, 0.1) is 13.1 Å². The van der Waals surface area contributed by atoms with Gasteiger partial charge in [-0.15, -0.1) is 0 Å². The van der Waals surface area contributed by atoms with Gasteiger partial charge in [-0.05, 0) is 25.7 Å². The minimum absolute atomic E-state index is 0.0891. The Bertz CT molecular complexity index is 674. The van der Waals surface area contributed by atoms with Crippen LogP contribution in [0.4, 0.5) is 0 Å². The quantitative estimate of drug-likeness (QED) is 0.0659. The Hall–Kier alpha value is -3.62. The summed E-state index contributed by atoms with van der Waals surface area (Å²) in [5, 5.41) is 16.3. The van der Waals surface area contributed by atoms with Crippen LogP contribution in [0.3, 0.4) is 0 Å². The normalized spacial score (nSPS) is 12.0. The van der Waals surface area contributed by atoms with Gasteiger partial charge < -0.3 is 49.7 Å². The highest BCUT2D eigenvalue weighted by atomic mass is 16.4. The fraction of sp³-hybridized carbons (Fsp3) is 0.625.